The zero-order valence-electron chi connectivity index (χ0n) is 8.37. The molecule has 0 radical (unpaired) electrons. The fourth-order valence-corrected chi connectivity index (χ4v) is 2.13. The van der Waals surface area contributed by atoms with Crippen molar-refractivity contribution in [3.8, 4) is 0 Å². The second-order valence-electron chi connectivity index (χ2n) is 3.08. The molecule has 0 fully saturated rings. The van der Waals surface area contributed by atoms with Gasteiger partial charge >= 0.3 is 0 Å². The number of aliphatic hydroxyl groups is 2. The van der Waals surface area contributed by atoms with Gasteiger partial charge in [-0.2, -0.15) is 0 Å². The van der Waals surface area contributed by atoms with Crippen LogP contribution in [-0.2, 0) is 10.0 Å². The molecule has 0 aromatic carbocycles. The van der Waals surface area contributed by atoms with Gasteiger partial charge in [0, 0.05) is 12.7 Å². The lowest BCUT2D eigenvalue weighted by Crippen LogP contribution is -2.34. The standard InChI is InChI=1S/C8H13N3O4S/c9-8-7(2-1-3-10-8)16(14,15)11-4-6(13)5-12/h1-3,6,11-13H,4-5H2,(H2,9,10). The summed E-state index contributed by atoms with van der Waals surface area (Å²) in [5.74, 6) is -0.117. The summed E-state index contributed by atoms with van der Waals surface area (Å²) in [5.41, 5.74) is 5.40. The van der Waals surface area contributed by atoms with Gasteiger partial charge in [0.25, 0.3) is 0 Å². The molecule has 1 heterocycles. The Morgan fingerprint density at radius 3 is 2.81 bits per heavy atom. The second-order valence-corrected chi connectivity index (χ2v) is 4.81. The van der Waals surface area contributed by atoms with Gasteiger partial charge in [0.2, 0.25) is 10.0 Å². The number of anilines is 1. The van der Waals surface area contributed by atoms with Crippen LogP contribution in [0.1, 0.15) is 0 Å². The van der Waals surface area contributed by atoms with Crippen molar-refractivity contribution in [2.75, 3.05) is 18.9 Å². The van der Waals surface area contributed by atoms with Crippen LogP contribution in [-0.4, -0.2) is 42.9 Å². The molecule has 5 N–H and O–H groups in total. The predicted molar refractivity (Wildman–Crippen MR) is 56.9 cm³/mol. The Balaban J connectivity index is 2.83. The van der Waals surface area contributed by atoms with E-state index in [0.717, 1.165) is 0 Å². The molecule has 0 saturated carbocycles. The molecule has 0 amide bonds. The molecule has 1 atom stereocenters. The Morgan fingerprint density at radius 2 is 2.25 bits per heavy atom. The van der Waals surface area contributed by atoms with E-state index in [1.165, 1.54) is 18.3 Å². The Bertz CT molecular complexity index is 448. The van der Waals surface area contributed by atoms with Crippen LogP contribution in [0.5, 0.6) is 0 Å². The first-order valence-electron chi connectivity index (χ1n) is 4.46. The molecule has 0 aliphatic carbocycles. The zero-order valence-corrected chi connectivity index (χ0v) is 9.18. The maximum absolute atomic E-state index is 11.6. The monoisotopic (exact) mass is 247 g/mol. The fourth-order valence-electron chi connectivity index (χ4n) is 0.978. The zero-order chi connectivity index (χ0) is 12.2. The summed E-state index contributed by atoms with van der Waals surface area (Å²) in [6, 6.07) is 2.74. The number of nitrogens with zero attached hydrogens (tertiary/aromatic N) is 1. The molecule has 1 aromatic heterocycles. The number of hydrogen-bond acceptors (Lipinski definition) is 6. The lowest BCUT2D eigenvalue weighted by atomic mass is 10.4. The van der Waals surface area contributed by atoms with Crippen LogP contribution in [0.15, 0.2) is 23.2 Å². The van der Waals surface area contributed by atoms with E-state index in [4.69, 9.17) is 15.9 Å². The molecule has 0 aliphatic heterocycles. The van der Waals surface area contributed by atoms with Crippen molar-refractivity contribution >= 4 is 15.8 Å². The number of rotatable bonds is 5. The highest BCUT2D eigenvalue weighted by atomic mass is 32.2. The summed E-state index contributed by atoms with van der Waals surface area (Å²) in [6.07, 6.45) is 0.226. The molecule has 0 saturated heterocycles. The number of nitrogens with two attached hydrogens (primary N) is 1. The molecule has 1 aromatic rings. The first kappa shape index (κ1) is 12.8. The third kappa shape index (κ3) is 3.14. The number of pyridine rings is 1. The maximum atomic E-state index is 11.6. The van der Waals surface area contributed by atoms with E-state index in [9.17, 15) is 8.42 Å². The summed E-state index contributed by atoms with van der Waals surface area (Å²) in [7, 11) is -3.80. The molecule has 0 bridgehead atoms. The van der Waals surface area contributed by atoms with E-state index in [1.807, 2.05) is 0 Å². The Labute approximate surface area is 93.0 Å². The van der Waals surface area contributed by atoms with Gasteiger partial charge in [-0.3, -0.25) is 0 Å². The summed E-state index contributed by atoms with van der Waals surface area (Å²) in [4.78, 5) is 3.49. The maximum Gasteiger partial charge on any atom is 0.244 e. The van der Waals surface area contributed by atoms with E-state index < -0.39 is 22.7 Å². The molecule has 7 nitrogen and oxygen atoms in total. The highest BCUT2D eigenvalue weighted by molar-refractivity contribution is 7.89. The highest BCUT2D eigenvalue weighted by Crippen LogP contribution is 2.13. The van der Waals surface area contributed by atoms with E-state index >= 15 is 0 Å². The predicted octanol–water partition coefficient (Wildman–Crippen LogP) is -1.70. The minimum absolute atomic E-state index is 0.117. The number of aliphatic hydroxyl groups excluding tert-OH is 2. The topological polar surface area (TPSA) is 126 Å². The summed E-state index contributed by atoms with van der Waals surface area (Å²) >= 11 is 0. The lowest BCUT2D eigenvalue weighted by molar-refractivity contribution is 0.0988. The SMILES string of the molecule is Nc1ncccc1S(=O)(=O)NCC(O)CO. The third-order valence-electron chi connectivity index (χ3n) is 1.81. The van der Waals surface area contributed by atoms with Crippen LogP contribution in [0.4, 0.5) is 5.82 Å². The van der Waals surface area contributed by atoms with Crippen molar-refractivity contribution in [2.45, 2.75) is 11.0 Å². The number of hydrogen-bond donors (Lipinski definition) is 4. The van der Waals surface area contributed by atoms with Crippen LogP contribution in [0, 0.1) is 0 Å². The van der Waals surface area contributed by atoms with Crippen LogP contribution in [0.2, 0.25) is 0 Å². The number of nitrogens with one attached hydrogen (secondary N) is 1. The molecular weight excluding hydrogens is 234 g/mol. The molecule has 16 heavy (non-hydrogen) atoms. The van der Waals surface area contributed by atoms with Crippen LogP contribution < -0.4 is 10.5 Å². The lowest BCUT2D eigenvalue weighted by Gasteiger charge is -2.10. The van der Waals surface area contributed by atoms with Crippen molar-refractivity contribution in [1.82, 2.24) is 9.71 Å². The van der Waals surface area contributed by atoms with Gasteiger partial charge in [0.1, 0.15) is 10.7 Å². The summed E-state index contributed by atoms with van der Waals surface area (Å²) < 4.78 is 25.4. The van der Waals surface area contributed by atoms with Gasteiger partial charge in [-0.05, 0) is 12.1 Å². The molecule has 0 spiro atoms. The van der Waals surface area contributed by atoms with Gasteiger partial charge in [-0.1, -0.05) is 0 Å². The number of sulfonamides is 1. The molecule has 1 rings (SSSR count). The fraction of sp³-hybridized carbons (Fsp3) is 0.375. The van der Waals surface area contributed by atoms with Crippen molar-refractivity contribution in [3.05, 3.63) is 18.3 Å². The third-order valence-corrected chi connectivity index (χ3v) is 3.28. The van der Waals surface area contributed by atoms with Gasteiger partial charge in [-0.15, -0.1) is 0 Å². The smallest absolute Gasteiger partial charge is 0.244 e. The minimum Gasteiger partial charge on any atom is -0.394 e. The van der Waals surface area contributed by atoms with Crippen molar-refractivity contribution in [3.63, 3.8) is 0 Å². The summed E-state index contributed by atoms with van der Waals surface area (Å²) in [6.45, 7) is -0.807. The van der Waals surface area contributed by atoms with Crippen molar-refractivity contribution in [2.24, 2.45) is 0 Å². The van der Waals surface area contributed by atoms with Crippen LogP contribution in [0.3, 0.4) is 0 Å². The summed E-state index contributed by atoms with van der Waals surface area (Å²) in [5, 5.41) is 17.5. The molecular formula is C8H13N3O4S. The normalized spacial score (nSPS) is 13.6. The molecule has 90 valence electrons. The largest absolute Gasteiger partial charge is 0.394 e. The molecule has 0 aliphatic rings. The quantitative estimate of drug-likeness (QED) is 0.491. The average Bonchev–Trinajstić information content (AvgIpc) is 2.26. The molecule has 1 unspecified atom stereocenters. The number of nitrogen functional groups attached to an aromatic ring is 1. The van der Waals surface area contributed by atoms with Crippen molar-refractivity contribution in [1.29, 1.82) is 0 Å². The van der Waals surface area contributed by atoms with E-state index in [2.05, 4.69) is 9.71 Å². The van der Waals surface area contributed by atoms with Crippen LogP contribution >= 0.6 is 0 Å². The van der Waals surface area contributed by atoms with Crippen molar-refractivity contribution < 1.29 is 18.6 Å². The Morgan fingerprint density at radius 1 is 1.56 bits per heavy atom. The van der Waals surface area contributed by atoms with E-state index in [0.29, 0.717) is 0 Å². The number of aromatic nitrogens is 1. The van der Waals surface area contributed by atoms with E-state index in [1.54, 1.807) is 0 Å². The minimum atomic E-state index is -3.80. The first-order chi connectivity index (χ1) is 7.47. The first-order valence-corrected chi connectivity index (χ1v) is 5.95. The van der Waals surface area contributed by atoms with Gasteiger partial charge < -0.3 is 15.9 Å². The van der Waals surface area contributed by atoms with E-state index in [-0.39, 0.29) is 17.3 Å². The van der Waals surface area contributed by atoms with Gasteiger partial charge in [0.15, 0.2) is 0 Å². The highest BCUT2D eigenvalue weighted by Gasteiger charge is 2.18. The Kier molecular flexibility index (Phi) is 4.19. The average molecular weight is 247 g/mol. The second kappa shape index (κ2) is 5.21. The Hall–Kier alpha value is -1.22. The van der Waals surface area contributed by atoms with Gasteiger partial charge in [-0.25, -0.2) is 18.1 Å². The van der Waals surface area contributed by atoms with Crippen LogP contribution in [0.25, 0.3) is 0 Å². The van der Waals surface area contributed by atoms with Gasteiger partial charge in [0.05, 0.1) is 12.7 Å². The molecule has 8 heteroatoms.